The number of nitrogens with one attached hydrogen (secondary N) is 1. The quantitative estimate of drug-likeness (QED) is 0.233. The zero-order valence-corrected chi connectivity index (χ0v) is 23.5. The van der Waals surface area contributed by atoms with Crippen molar-refractivity contribution in [3.8, 4) is 0 Å². The van der Waals surface area contributed by atoms with Gasteiger partial charge >= 0.3 is 0 Å². The van der Waals surface area contributed by atoms with Gasteiger partial charge in [-0.1, -0.05) is 72.6 Å². The maximum Gasteiger partial charge on any atom is 0.253 e. The van der Waals surface area contributed by atoms with Crippen LogP contribution in [0.25, 0.3) is 10.9 Å². The molecule has 2 aromatic heterocycles. The van der Waals surface area contributed by atoms with Crippen LogP contribution in [0.15, 0.2) is 83.7 Å². The number of fused-ring (bicyclic) bond motifs is 1. The van der Waals surface area contributed by atoms with Crippen LogP contribution >= 0.6 is 11.6 Å². The Balaban J connectivity index is 1.74. The third-order valence-corrected chi connectivity index (χ3v) is 7.64. The second kappa shape index (κ2) is 11.1. The van der Waals surface area contributed by atoms with Crippen molar-refractivity contribution < 1.29 is 0 Å². The van der Waals surface area contributed by atoms with Gasteiger partial charge in [-0.2, -0.15) is 0 Å². The van der Waals surface area contributed by atoms with Gasteiger partial charge in [0.2, 0.25) is 0 Å². The Bertz CT molecular complexity index is 1630. The Labute approximate surface area is 233 Å². The van der Waals surface area contributed by atoms with E-state index in [4.69, 9.17) is 11.6 Å². The molecule has 0 aliphatic carbocycles. The molecule has 0 bridgehead atoms. The standard InChI is InChI=1S/C31H33ClN6O/c1-5-31(3,4)38-29(34-35-36-38)28(26-18-24-17-21(2)11-16-27(24)33-30(26)39)37(19-22-9-7-6-8-10-22)20-23-12-14-25(32)15-13-23/h6-18,28H,5,19-20H2,1-4H3,(H,33,39)/t28-/m1/s1. The highest BCUT2D eigenvalue weighted by Gasteiger charge is 2.34. The van der Waals surface area contributed by atoms with Gasteiger partial charge in [0.05, 0.1) is 5.54 Å². The lowest BCUT2D eigenvalue weighted by molar-refractivity contribution is 0.180. The molecule has 0 aliphatic rings. The minimum absolute atomic E-state index is 0.158. The first-order valence-corrected chi connectivity index (χ1v) is 13.6. The Morgan fingerprint density at radius 3 is 2.36 bits per heavy atom. The molecule has 0 spiro atoms. The van der Waals surface area contributed by atoms with Crippen LogP contribution in [0.4, 0.5) is 0 Å². The molecule has 200 valence electrons. The summed E-state index contributed by atoms with van der Waals surface area (Å²) >= 11 is 6.20. The van der Waals surface area contributed by atoms with Gasteiger partial charge in [-0.3, -0.25) is 9.69 Å². The fourth-order valence-electron chi connectivity index (χ4n) is 4.87. The van der Waals surface area contributed by atoms with Crippen molar-refractivity contribution in [2.45, 2.75) is 58.8 Å². The minimum Gasteiger partial charge on any atom is -0.322 e. The molecule has 8 heteroatoms. The first kappa shape index (κ1) is 26.8. The highest BCUT2D eigenvalue weighted by atomic mass is 35.5. The molecule has 0 fully saturated rings. The van der Waals surface area contributed by atoms with Crippen LogP contribution in [-0.2, 0) is 18.6 Å². The van der Waals surface area contributed by atoms with Crippen molar-refractivity contribution in [1.82, 2.24) is 30.1 Å². The number of benzene rings is 3. The van der Waals surface area contributed by atoms with Crippen molar-refractivity contribution in [3.05, 3.63) is 122 Å². The molecule has 0 saturated carbocycles. The van der Waals surface area contributed by atoms with E-state index < -0.39 is 6.04 Å². The van der Waals surface area contributed by atoms with Crippen molar-refractivity contribution in [2.24, 2.45) is 0 Å². The molecule has 0 radical (unpaired) electrons. The number of rotatable bonds is 9. The van der Waals surface area contributed by atoms with Gasteiger partial charge in [-0.25, -0.2) is 4.68 Å². The number of hydrogen-bond donors (Lipinski definition) is 1. The molecule has 0 amide bonds. The summed E-state index contributed by atoms with van der Waals surface area (Å²) in [4.78, 5) is 19.1. The number of pyridine rings is 1. The summed E-state index contributed by atoms with van der Waals surface area (Å²) in [6, 6.07) is 25.6. The van der Waals surface area contributed by atoms with Crippen molar-refractivity contribution in [3.63, 3.8) is 0 Å². The number of aromatic nitrogens is 5. The van der Waals surface area contributed by atoms with Crippen LogP contribution in [0.3, 0.4) is 0 Å². The molecule has 39 heavy (non-hydrogen) atoms. The van der Waals surface area contributed by atoms with Gasteiger partial charge in [0, 0.05) is 29.2 Å². The molecular formula is C31H33ClN6O. The Morgan fingerprint density at radius 2 is 1.67 bits per heavy atom. The topological polar surface area (TPSA) is 79.7 Å². The summed E-state index contributed by atoms with van der Waals surface area (Å²) in [5.41, 5.74) is 4.21. The number of H-pyrrole nitrogens is 1. The molecule has 0 saturated heterocycles. The van der Waals surface area contributed by atoms with Crippen LogP contribution < -0.4 is 5.56 Å². The number of tetrazole rings is 1. The largest absolute Gasteiger partial charge is 0.322 e. The molecule has 0 unspecified atom stereocenters. The number of hydrogen-bond acceptors (Lipinski definition) is 5. The molecule has 5 rings (SSSR count). The molecule has 0 aliphatic heterocycles. The SMILES string of the molecule is CCC(C)(C)n1nnnc1[C@@H](c1cc2cc(C)ccc2[nH]c1=O)N(Cc1ccccc1)Cc1ccc(Cl)cc1. The lowest BCUT2D eigenvalue weighted by Crippen LogP contribution is -2.38. The predicted octanol–water partition coefficient (Wildman–Crippen LogP) is 6.41. The van der Waals surface area contributed by atoms with E-state index in [1.165, 1.54) is 0 Å². The predicted molar refractivity (Wildman–Crippen MR) is 156 cm³/mol. The lowest BCUT2D eigenvalue weighted by Gasteiger charge is -2.33. The van der Waals surface area contributed by atoms with E-state index in [1.807, 2.05) is 72.3 Å². The van der Waals surface area contributed by atoms with Crippen LogP contribution in [-0.4, -0.2) is 30.1 Å². The highest BCUT2D eigenvalue weighted by molar-refractivity contribution is 6.30. The Hall–Kier alpha value is -3.81. The summed E-state index contributed by atoms with van der Waals surface area (Å²) in [7, 11) is 0. The zero-order valence-electron chi connectivity index (χ0n) is 22.7. The summed E-state index contributed by atoms with van der Waals surface area (Å²) in [5.74, 6) is 0.629. The summed E-state index contributed by atoms with van der Waals surface area (Å²) in [6.45, 7) is 9.52. The molecule has 1 N–H and O–H groups in total. The zero-order chi connectivity index (χ0) is 27.6. The van der Waals surface area contributed by atoms with E-state index in [0.29, 0.717) is 29.5 Å². The number of aromatic amines is 1. The smallest absolute Gasteiger partial charge is 0.253 e. The van der Waals surface area contributed by atoms with E-state index >= 15 is 0 Å². The Kier molecular flexibility index (Phi) is 7.64. The third kappa shape index (κ3) is 5.79. The first-order valence-electron chi connectivity index (χ1n) is 13.2. The summed E-state index contributed by atoms with van der Waals surface area (Å²) in [5, 5.41) is 14.7. The van der Waals surface area contributed by atoms with Crippen LogP contribution in [0.1, 0.15) is 61.3 Å². The van der Waals surface area contributed by atoms with Crippen molar-refractivity contribution >= 4 is 22.5 Å². The molecule has 2 heterocycles. The summed E-state index contributed by atoms with van der Waals surface area (Å²) < 4.78 is 1.87. The Morgan fingerprint density at radius 1 is 0.974 bits per heavy atom. The fourth-order valence-corrected chi connectivity index (χ4v) is 5.00. The van der Waals surface area contributed by atoms with Crippen LogP contribution in [0.5, 0.6) is 0 Å². The van der Waals surface area contributed by atoms with E-state index in [9.17, 15) is 4.79 Å². The fraction of sp³-hybridized carbons (Fsp3) is 0.290. The number of halogens is 1. The van der Waals surface area contributed by atoms with E-state index in [0.717, 1.165) is 34.0 Å². The average Bonchev–Trinajstić information content (AvgIpc) is 3.42. The maximum absolute atomic E-state index is 13.8. The van der Waals surface area contributed by atoms with Crippen molar-refractivity contribution in [1.29, 1.82) is 0 Å². The number of aryl methyl sites for hydroxylation is 1. The van der Waals surface area contributed by atoms with Crippen LogP contribution in [0.2, 0.25) is 5.02 Å². The molecule has 5 aromatic rings. The lowest BCUT2D eigenvalue weighted by atomic mass is 9.98. The van der Waals surface area contributed by atoms with Gasteiger partial charge in [-0.05, 0) is 84.5 Å². The monoisotopic (exact) mass is 540 g/mol. The van der Waals surface area contributed by atoms with Gasteiger partial charge in [0.25, 0.3) is 5.56 Å². The van der Waals surface area contributed by atoms with Crippen molar-refractivity contribution in [2.75, 3.05) is 0 Å². The number of nitrogens with zero attached hydrogens (tertiary/aromatic N) is 5. The normalized spacial score (nSPS) is 12.8. The first-order chi connectivity index (χ1) is 18.7. The second-order valence-corrected chi connectivity index (χ2v) is 11.1. The molecular weight excluding hydrogens is 508 g/mol. The maximum atomic E-state index is 13.8. The van der Waals surface area contributed by atoms with Gasteiger partial charge in [0.15, 0.2) is 5.82 Å². The molecule has 7 nitrogen and oxygen atoms in total. The molecule has 1 atom stereocenters. The van der Waals surface area contributed by atoms with E-state index in [2.05, 4.69) is 64.4 Å². The average molecular weight is 541 g/mol. The van der Waals surface area contributed by atoms with Gasteiger partial charge in [-0.15, -0.1) is 5.10 Å². The van der Waals surface area contributed by atoms with Gasteiger partial charge < -0.3 is 4.98 Å². The van der Waals surface area contributed by atoms with Gasteiger partial charge in [0.1, 0.15) is 6.04 Å². The summed E-state index contributed by atoms with van der Waals surface area (Å²) in [6.07, 6.45) is 0.820. The minimum atomic E-state index is -0.518. The third-order valence-electron chi connectivity index (χ3n) is 7.39. The highest BCUT2D eigenvalue weighted by Crippen LogP contribution is 2.33. The second-order valence-electron chi connectivity index (χ2n) is 10.7. The molecule has 3 aromatic carbocycles. The van der Waals surface area contributed by atoms with E-state index in [1.54, 1.807) is 0 Å². The van der Waals surface area contributed by atoms with Crippen LogP contribution in [0, 0.1) is 6.92 Å². The van der Waals surface area contributed by atoms with E-state index in [-0.39, 0.29) is 11.1 Å².